The van der Waals surface area contributed by atoms with Crippen molar-refractivity contribution in [3.05, 3.63) is 23.8 Å². The molecule has 0 bridgehead atoms. The molecular formula is C10H11NO3. The molecule has 0 saturated carbocycles. The Morgan fingerprint density at radius 2 is 2.43 bits per heavy atom. The maximum absolute atomic E-state index is 8.76. The van der Waals surface area contributed by atoms with E-state index < -0.39 is 0 Å². The Kier molecular flexibility index (Phi) is 2.26. The largest absolute Gasteiger partial charge is 0.493 e. The van der Waals surface area contributed by atoms with E-state index in [0.29, 0.717) is 30.4 Å². The van der Waals surface area contributed by atoms with Gasteiger partial charge in [-0.3, -0.25) is 0 Å². The third-order valence-electron chi connectivity index (χ3n) is 2.06. The Labute approximate surface area is 81.8 Å². The summed E-state index contributed by atoms with van der Waals surface area (Å²) in [5.74, 6) is 1.42. The minimum absolute atomic E-state index is 0.302. The third-order valence-corrected chi connectivity index (χ3v) is 2.06. The van der Waals surface area contributed by atoms with Gasteiger partial charge in [0.1, 0.15) is 23.8 Å². The fourth-order valence-corrected chi connectivity index (χ4v) is 1.49. The van der Waals surface area contributed by atoms with Crippen LogP contribution in [0.4, 0.5) is 0 Å². The van der Waals surface area contributed by atoms with Gasteiger partial charge in [-0.1, -0.05) is 11.2 Å². The first-order chi connectivity index (χ1) is 6.86. The lowest BCUT2D eigenvalue weighted by atomic mass is 10.1. The molecule has 14 heavy (non-hydrogen) atoms. The molecule has 74 valence electrons. The molecular weight excluding hydrogens is 182 g/mol. The summed E-state index contributed by atoms with van der Waals surface area (Å²) in [7, 11) is 0. The minimum atomic E-state index is 0.302. The molecule has 1 aromatic carbocycles. The van der Waals surface area contributed by atoms with Crippen LogP contribution in [0.15, 0.2) is 23.4 Å². The Bertz CT molecular complexity index is 374. The molecule has 1 heterocycles. The van der Waals surface area contributed by atoms with Crippen LogP contribution >= 0.6 is 0 Å². The molecule has 1 N–H and O–H groups in total. The van der Waals surface area contributed by atoms with E-state index in [1.54, 1.807) is 0 Å². The highest BCUT2D eigenvalue weighted by atomic mass is 16.5. The summed E-state index contributed by atoms with van der Waals surface area (Å²) in [5.41, 5.74) is 1.28. The summed E-state index contributed by atoms with van der Waals surface area (Å²) >= 11 is 0. The second kappa shape index (κ2) is 3.57. The average molecular weight is 193 g/mol. The zero-order chi connectivity index (χ0) is 9.97. The molecule has 1 aliphatic rings. The van der Waals surface area contributed by atoms with Crippen molar-refractivity contribution in [2.75, 3.05) is 13.2 Å². The first kappa shape index (κ1) is 8.87. The van der Waals surface area contributed by atoms with Crippen LogP contribution in [0.1, 0.15) is 12.5 Å². The summed E-state index contributed by atoms with van der Waals surface area (Å²) in [6.45, 7) is 2.79. The molecule has 0 atom stereocenters. The number of hydrogen-bond acceptors (Lipinski definition) is 4. The quantitative estimate of drug-likeness (QED) is 0.574. The van der Waals surface area contributed by atoms with Crippen molar-refractivity contribution in [2.45, 2.75) is 6.92 Å². The Morgan fingerprint density at radius 3 is 3.14 bits per heavy atom. The Morgan fingerprint density at radius 1 is 1.57 bits per heavy atom. The summed E-state index contributed by atoms with van der Waals surface area (Å²) in [4.78, 5) is 0. The Balaban J connectivity index is 2.48. The number of rotatable bonds is 2. The fourth-order valence-electron chi connectivity index (χ4n) is 1.49. The van der Waals surface area contributed by atoms with Gasteiger partial charge < -0.3 is 14.7 Å². The minimum Gasteiger partial charge on any atom is -0.493 e. The van der Waals surface area contributed by atoms with Crippen molar-refractivity contribution < 1.29 is 14.7 Å². The van der Waals surface area contributed by atoms with E-state index in [2.05, 4.69) is 5.16 Å². The zero-order valence-corrected chi connectivity index (χ0v) is 7.86. The lowest BCUT2D eigenvalue weighted by molar-refractivity contribution is 0.313. The van der Waals surface area contributed by atoms with E-state index in [-0.39, 0.29) is 0 Å². The van der Waals surface area contributed by atoms with Gasteiger partial charge in [-0.2, -0.15) is 0 Å². The van der Waals surface area contributed by atoms with Gasteiger partial charge in [-0.05, 0) is 19.1 Å². The van der Waals surface area contributed by atoms with Crippen LogP contribution in [0.5, 0.6) is 11.5 Å². The standard InChI is InChI=1S/C10H11NO3/c1-2-13-8-4-3-5-9-10(8)7(11-12)6-14-9/h3-5,12H,2,6H2,1H3/b11-7+. The zero-order valence-electron chi connectivity index (χ0n) is 7.86. The molecule has 4 heteroatoms. The van der Waals surface area contributed by atoms with Crippen LogP contribution in [0.25, 0.3) is 0 Å². The third kappa shape index (κ3) is 1.28. The van der Waals surface area contributed by atoms with E-state index in [0.717, 1.165) is 5.56 Å². The summed E-state index contributed by atoms with van der Waals surface area (Å²) < 4.78 is 10.7. The van der Waals surface area contributed by atoms with Crippen LogP contribution in [-0.4, -0.2) is 24.1 Å². The molecule has 0 unspecified atom stereocenters. The number of ether oxygens (including phenoxy) is 2. The lowest BCUT2D eigenvalue weighted by Crippen LogP contribution is -2.04. The number of hydrogen-bond donors (Lipinski definition) is 1. The van der Waals surface area contributed by atoms with Crippen molar-refractivity contribution in [2.24, 2.45) is 5.16 Å². The number of fused-ring (bicyclic) bond motifs is 1. The van der Waals surface area contributed by atoms with Crippen LogP contribution in [0.2, 0.25) is 0 Å². The molecule has 1 aromatic rings. The van der Waals surface area contributed by atoms with Crippen LogP contribution < -0.4 is 9.47 Å². The SMILES string of the molecule is CCOc1cccc2c1/C(=N/O)CO2. The van der Waals surface area contributed by atoms with Crippen molar-refractivity contribution in [3.63, 3.8) is 0 Å². The molecule has 0 aromatic heterocycles. The fraction of sp³-hybridized carbons (Fsp3) is 0.300. The maximum Gasteiger partial charge on any atom is 0.134 e. The molecule has 1 aliphatic heterocycles. The van der Waals surface area contributed by atoms with Gasteiger partial charge in [-0.25, -0.2) is 0 Å². The van der Waals surface area contributed by atoms with Crippen molar-refractivity contribution in [1.29, 1.82) is 0 Å². The van der Waals surface area contributed by atoms with Crippen LogP contribution in [-0.2, 0) is 0 Å². The molecule has 0 fully saturated rings. The first-order valence-electron chi connectivity index (χ1n) is 4.46. The summed E-state index contributed by atoms with van der Waals surface area (Å²) in [6.07, 6.45) is 0. The van der Waals surface area contributed by atoms with Crippen LogP contribution in [0, 0.1) is 0 Å². The molecule has 0 aliphatic carbocycles. The van der Waals surface area contributed by atoms with Crippen molar-refractivity contribution in [3.8, 4) is 11.5 Å². The van der Waals surface area contributed by atoms with Gasteiger partial charge in [0, 0.05) is 0 Å². The summed E-state index contributed by atoms with van der Waals surface area (Å²) in [6, 6.07) is 5.52. The summed E-state index contributed by atoms with van der Waals surface area (Å²) in [5, 5.41) is 11.9. The molecule has 4 nitrogen and oxygen atoms in total. The van der Waals surface area contributed by atoms with E-state index >= 15 is 0 Å². The predicted octanol–water partition coefficient (Wildman–Crippen LogP) is 1.66. The normalized spacial score (nSPS) is 16.5. The predicted molar refractivity (Wildman–Crippen MR) is 51.4 cm³/mol. The monoisotopic (exact) mass is 193 g/mol. The van der Waals surface area contributed by atoms with E-state index in [1.165, 1.54) is 0 Å². The number of benzene rings is 1. The number of nitrogens with zero attached hydrogens (tertiary/aromatic N) is 1. The highest BCUT2D eigenvalue weighted by molar-refractivity contribution is 6.08. The maximum atomic E-state index is 8.76. The van der Waals surface area contributed by atoms with Gasteiger partial charge >= 0.3 is 0 Å². The highest BCUT2D eigenvalue weighted by Gasteiger charge is 2.23. The van der Waals surface area contributed by atoms with Crippen LogP contribution in [0.3, 0.4) is 0 Å². The van der Waals surface area contributed by atoms with E-state index in [1.807, 2.05) is 25.1 Å². The molecule has 2 rings (SSSR count). The average Bonchev–Trinajstić information content (AvgIpc) is 2.62. The van der Waals surface area contributed by atoms with Gasteiger partial charge in [0.25, 0.3) is 0 Å². The molecule has 0 amide bonds. The molecule has 0 radical (unpaired) electrons. The number of oxime groups is 1. The topological polar surface area (TPSA) is 51.0 Å². The Hall–Kier alpha value is -1.71. The van der Waals surface area contributed by atoms with Gasteiger partial charge in [0.2, 0.25) is 0 Å². The van der Waals surface area contributed by atoms with E-state index in [4.69, 9.17) is 14.7 Å². The smallest absolute Gasteiger partial charge is 0.134 e. The van der Waals surface area contributed by atoms with Gasteiger partial charge in [-0.15, -0.1) is 0 Å². The lowest BCUT2D eigenvalue weighted by Gasteiger charge is -2.06. The van der Waals surface area contributed by atoms with Gasteiger partial charge in [0.05, 0.1) is 12.2 Å². The second-order valence-electron chi connectivity index (χ2n) is 2.90. The molecule has 0 saturated heterocycles. The second-order valence-corrected chi connectivity index (χ2v) is 2.90. The molecule has 0 spiro atoms. The highest BCUT2D eigenvalue weighted by Crippen LogP contribution is 2.33. The van der Waals surface area contributed by atoms with E-state index in [9.17, 15) is 0 Å². The van der Waals surface area contributed by atoms with Crippen molar-refractivity contribution >= 4 is 5.71 Å². The first-order valence-corrected chi connectivity index (χ1v) is 4.46. The van der Waals surface area contributed by atoms with Gasteiger partial charge in [0.15, 0.2) is 0 Å². The van der Waals surface area contributed by atoms with Crippen molar-refractivity contribution in [1.82, 2.24) is 0 Å².